The second kappa shape index (κ2) is 3.21. The van der Waals surface area contributed by atoms with E-state index in [1.807, 2.05) is 0 Å². The minimum atomic E-state index is -0.555. The molecule has 0 aromatic heterocycles. The lowest BCUT2D eigenvalue weighted by Gasteiger charge is -2.25. The number of ether oxygens (including phenoxy) is 2. The molecule has 0 aromatic carbocycles. The number of alkyl halides is 1. The Labute approximate surface area is 64.3 Å². The lowest BCUT2D eigenvalue weighted by Crippen LogP contribution is -2.39. The molecule has 58 valence electrons. The standard InChI is InChI=1S/C6H9ClO3/c1-4(7)6(8)10-5-2-9-3-5/h4-5H,2-3H2,1H3. The van der Waals surface area contributed by atoms with Crippen LogP contribution in [0.2, 0.25) is 0 Å². The van der Waals surface area contributed by atoms with Crippen molar-refractivity contribution in [2.45, 2.75) is 18.4 Å². The zero-order valence-electron chi connectivity index (χ0n) is 5.67. The topological polar surface area (TPSA) is 35.5 Å². The van der Waals surface area contributed by atoms with E-state index in [-0.39, 0.29) is 12.1 Å². The predicted octanol–water partition coefficient (Wildman–Crippen LogP) is 0.556. The molecule has 0 amide bonds. The first-order chi connectivity index (χ1) is 4.70. The molecule has 3 nitrogen and oxygen atoms in total. The molecule has 4 heteroatoms. The molecule has 0 aliphatic carbocycles. The molecular formula is C6H9ClO3. The zero-order chi connectivity index (χ0) is 7.56. The maximum atomic E-state index is 10.7. The summed E-state index contributed by atoms with van der Waals surface area (Å²) in [4.78, 5) is 10.7. The van der Waals surface area contributed by atoms with Gasteiger partial charge in [-0.2, -0.15) is 0 Å². The van der Waals surface area contributed by atoms with Crippen molar-refractivity contribution < 1.29 is 14.3 Å². The van der Waals surface area contributed by atoms with Gasteiger partial charge in [0.15, 0.2) is 0 Å². The first-order valence-electron chi connectivity index (χ1n) is 3.12. The first-order valence-corrected chi connectivity index (χ1v) is 3.56. The Bertz CT molecular complexity index is 131. The van der Waals surface area contributed by atoms with E-state index in [2.05, 4.69) is 0 Å². The van der Waals surface area contributed by atoms with Crippen LogP contribution in [-0.2, 0) is 14.3 Å². The highest BCUT2D eigenvalue weighted by Gasteiger charge is 2.24. The number of rotatable bonds is 2. The fourth-order valence-corrected chi connectivity index (χ4v) is 0.592. The van der Waals surface area contributed by atoms with E-state index in [1.165, 1.54) is 0 Å². The lowest BCUT2D eigenvalue weighted by atomic mass is 10.3. The van der Waals surface area contributed by atoms with Crippen LogP contribution in [0, 0.1) is 0 Å². The van der Waals surface area contributed by atoms with E-state index in [9.17, 15) is 4.79 Å². The summed E-state index contributed by atoms with van der Waals surface area (Å²) in [5.74, 6) is -0.366. The molecule has 0 aromatic rings. The van der Waals surface area contributed by atoms with Crippen LogP contribution in [0.15, 0.2) is 0 Å². The van der Waals surface area contributed by atoms with Gasteiger partial charge in [0.1, 0.15) is 11.5 Å². The molecule has 1 fully saturated rings. The molecule has 0 saturated carbocycles. The molecule has 1 saturated heterocycles. The summed E-state index contributed by atoms with van der Waals surface area (Å²) in [6, 6.07) is 0. The van der Waals surface area contributed by atoms with Crippen LogP contribution in [0.5, 0.6) is 0 Å². The summed E-state index contributed by atoms with van der Waals surface area (Å²) in [6.07, 6.45) is -0.0614. The van der Waals surface area contributed by atoms with Crippen LogP contribution in [-0.4, -0.2) is 30.7 Å². The van der Waals surface area contributed by atoms with E-state index in [0.29, 0.717) is 13.2 Å². The Morgan fingerprint density at radius 1 is 1.80 bits per heavy atom. The molecule has 0 bridgehead atoms. The normalized spacial score (nSPS) is 21.4. The molecule has 1 atom stereocenters. The molecule has 1 unspecified atom stereocenters. The van der Waals surface area contributed by atoms with Gasteiger partial charge in [-0.15, -0.1) is 11.6 Å². The van der Waals surface area contributed by atoms with Gasteiger partial charge in [0.25, 0.3) is 0 Å². The summed E-state index contributed by atoms with van der Waals surface area (Å²) in [7, 11) is 0. The van der Waals surface area contributed by atoms with E-state index in [1.54, 1.807) is 6.92 Å². The number of carbonyl (C=O) groups excluding carboxylic acids is 1. The smallest absolute Gasteiger partial charge is 0.324 e. The van der Waals surface area contributed by atoms with Crippen molar-refractivity contribution in [3.8, 4) is 0 Å². The summed E-state index contributed by atoms with van der Waals surface area (Å²) < 4.78 is 9.65. The maximum Gasteiger partial charge on any atom is 0.324 e. The van der Waals surface area contributed by atoms with Crippen molar-refractivity contribution in [1.29, 1.82) is 0 Å². The Kier molecular flexibility index (Phi) is 2.51. The molecule has 0 spiro atoms. The van der Waals surface area contributed by atoms with Crippen molar-refractivity contribution in [2.24, 2.45) is 0 Å². The third-order valence-corrected chi connectivity index (χ3v) is 1.39. The molecule has 0 N–H and O–H groups in total. The van der Waals surface area contributed by atoms with Crippen LogP contribution in [0.25, 0.3) is 0 Å². The molecule has 1 heterocycles. The second-order valence-corrected chi connectivity index (χ2v) is 2.87. The Balaban J connectivity index is 2.17. The monoisotopic (exact) mass is 164 g/mol. The summed E-state index contributed by atoms with van der Waals surface area (Å²) >= 11 is 5.44. The van der Waals surface area contributed by atoms with E-state index < -0.39 is 5.38 Å². The van der Waals surface area contributed by atoms with Crippen molar-refractivity contribution in [1.82, 2.24) is 0 Å². The summed E-state index contributed by atoms with van der Waals surface area (Å²) in [5, 5.41) is -0.555. The minimum Gasteiger partial charge on any atom is -0.456 e. The van der Waals surface area contributed by atoms with Gasteiger partial charge in [-0.05, 0) is 6.92 Å². The van der Waals surface area contributed by atoms with Gasteiger partial charge in [0.2, 0.25) is 0 Å². The highest BCUT2D eigenvalue weighted by atomic mass is 35.5. The van der Waals surface area contributed by atoms with E-state index >= 15 is 0 Å². The molecule has 1 aliphatic rings. The third-order valence-electron chi connectivity index (χ3n) is 1.22. The van der Waals surface area contributed by atoms with Crippen molar-refractivity contribution in [3.05, 3.63) is 0 Å². The SMILES string of the molecule is CC(Cl)C(=O)OC1COC1. The highest BCUT2D eigenvalue weighted by Crippen LogP contribution is 2.08. The molecule has 1 aliphatic heterocycles. The van der Waals surface area contributed by atoms with Gasteiger partial charge in [-0.1, -0.05) is 0 Å². The fraction of sp³-hybridized carbons (Fsp3) is 0.833. The van der Waals surface area contributed by atoms with Gasteiger partial charge >= 0.3 is 5.97 Å². The van der Waals surface area contributed by atoms with Crippen molar-refractivity contribution >= 4 is 17.6 Å². The largest absolute Gasteiger partial charge is 0.456 e. The first kappa shape index (κ1) is 7.82. The fourth-order valence-electron chi connectivity index (χ4n) is 0.540. The molecule has 10 heavy (non-hydrogen) atoms. The average molecular weight is 165 g/mol. The van der Waals surface area contributed by atoms with Gasteiger partial charge < -0.3 is 9.47 Å². The third kappa shape index (κ3) is 1.85. The van der Waals surface area contributed by atoms with Gasteiger partial charge in [0.05, 0.1) is 13.2 Å². The van der Waals surface area contributed by atoms with Crippen LogP contribution in [0.3, 0.4) is 0 Å². The number of esters is 1. The predicted molar refractivity (Wildman–Crippen MR) is 36.0 cm³/mol. The van der Waals surface area contributed by atoms with Crippen LogP contribution >= 0.6 is 11.6 Å². The average Bonchev–Trinajstić information content (AvgIpc) is 1.77. The van der Waals surface area contributed by atoms with Crippen molar-refractivity contribution in [3.63, 3.8) is 0 Å². The van der Waals surface area contributed by atoms with E-state index in [0.717, 1.165) is 0 Å². The quantitative estimate of drug-likeness (QED) is 0.442. The van der Waals surface area contributed by atoms with Crippen LogP contribution in [0.4, 0.5) is 0 Å². The summed E-state index contributed by atoms with van der Waals surface area (Å²) in [5.41, 5.74) is 0. The minimum absolute atomic E-state index is 0.0614. The van der Waals surface area contributed by atoms with Crippen LogP contribution < -0.4 is 0 Å². The Morgan fingerprint density at radius 2 is 2.40 bits per heavy atom. The van der Waals surface area contributed by atoms with Gasteiger partial charge in [-0.3, -0.25) is 4.79 Å². The van der Waals surface area contributed by atoms with Gasteiger partial charge in [-0.25, -0.2) is 0 Å². The summed E-state index contributed by atoms with van der Waals surface area (Å²) in [6.45, 7) is 2.61. The Hall–Kier alpha value is -0.280. The number of hydrogen-bond acceptors (Lipinski definition) is 3. The Morgan fingerprint density at radius 3 is 2.70 bits per heavy atom. The molecule has 1 rings (SSSR count). The van der Waals surface area contributed by atoms with Crippen LogP contribution in [0.1, 0.15) is 6.92 Å². The lowest BCUT2D eigenvalue weighted by molar-refractivity contribution is -0.171. The highest BCUT2D eigenvalue weighted by molar-refractivity contribution is 6.29. The van der Waals surface area contributed by atoms with Gasteiger partial charge in [0, 0.05) is 0 Å². The molecule has 0 radical (unpaired) electrons. The molecular weight excluding hydrogens is 156 g/mol. The number of hydrogen-bond donors (Lipinski definition) is 0. The van der Waals surface area contributed by atoms with E-state index in [4.69, 9.17) is 21.1 Å². The number of carbonyl (C=O) groups is 1. The zero-order valence-corrected chi connectivity index (χ0v) is 6.43. The number of halogens is 1. The van der Waals surface area contributed by atoms with Crippen molar-refractivity contribution in [2.75, 3.05) is 13.2 Å². The maximum absolute atomic E-state index is 10.7. The second-order valence-electron chi connectivity index (χ2n) is 2.21.